The fourth-order valence-electron chi connectivity index (χ4n) is 0.934. The average molecular weight is 153 g/mol. The Morgan fingerprint density at radius 3 is 3.00 bits per heavy atom. The van der Waals surface area contributed by atoms with Crippen LogP contribution in [0.5, 0.6) is 0 Å². The zero-order valence-corrected chi connectivity index (χ0v) is 6.91. The molecule has 1 aliphatic rings. The third-order valence-electron chi connectivity index (χ3n) is 1.62. The number of rotatable bonds is 3. The quantitative estimate of drug-likeness (QED) is 0.620. The van der Waals surface area contributed by atoms with Crippen molar-refractivity contribution in [1.29, 1.82) is 0 Å². The van der Waals surface area contributed by atoms with E-state index in [-0.39, 0.29) is 5.92 Å². The second-order valence-electron chi connectivity index (χ2n) is 2.44. The van der Waals surface area contributed by atoms with Gasteiger partial charge in [-0.2, -0.15) is 0 Å². The zero-order valence-electron chi connectivity index (χ0n) is 6.91. The highest BCUT2D eigenvalue weighted by Crippen LogP contribution is 2.14. The number of hydrazine groups is 1. The van der Waals surface area contributed by atoms with Gasteiger partial charge in [-0.05, 0) is 18.2 Å². The second kappa shape index (κ2) is 3.39. The van der Waals surface area contributed by atoms with Crippen LogP contribution < -0.4 is 5.53 Å². The minimum Gasteiger partial charge on any atom is -0.385 e. The lowest BCUT2D eigenvalue weighted by molar-refractivity contribution is 0.306. The van der Waals surface area contributed by atoms with Crippen LogP contribution in [0.3, 0.4) is 0 Å². The summed E-state index contributed by atoms with van der Waals surface area (Å²) in [6, 6.07) is 0. The molecule has 11 heavy (non-hydrogen) atoms. The van der Waals surface area contributed by atoms with Crippen LogP contribution in [-0.2, 0) is 0 Å². The standard InChI is InChI=1S/C7H13N4/c1-4-6(5-2)7-8-10-11(3)9-7/h4,6,10H,1,5H2,2-3H3/q-1. The Morgan fingerprint density at radius 1 is 1.91 bits per heavy atom. The van der Waals surface area contributed by atoms with Gasteiger partial charge in [-0.15, -0.1) is 6.58 Å². The normalized spacial score (nSPS) is 19.1. The summed E-state index contributed by atoms with van der Waals surface area (Å²) in [5, 5.41) is 5.72. The van der Waals surface area contributed by atoms with Crippen molar-refractivity contribution in [2.75, 3.05) is 7.05 Å². The Kier molecular flexibility index (Phi) is 2.48. The highest BCUT2D eigenvalue weighted by Gasteiger charge is 2.05. The SMILES string of the molecule is C=CC(CC)C1=NN(C)N[N-]1. The van der Waals surface area contributed by atoms with Gasteiger partial charge in [-0.25, -0.2) is 5.53 Å². The monoisotopic (exact) mass is 153 g/mol. The molecule has 0 bridgehead atoms. The lowest BCUT2D eigenvalue weighted by Crippen LogP contribution is -2.19. The first-order valence-corrected chi connectivity index (χ1v) is 3.69. The van der Waals surface area contributed by atoms with E-state index in [4.69, 9.17) is 0 Å². The van der Waals surface area contributed by atoms with Crippen LogP contribution in [0.2, 0.25) is 0 Å². The average Bonchev–Trinajstić information content (AvgIpc) is 2.39. The minimum absolute atomic E-state index is 0.271. The van der Waals surface area contributed by atoms with E-state index in [9.17, 15) is 0 Å². The summed E-state index contributed by atoms with van der Waals surface area (Å²) in [4.78, 5) is 0. The van der Waals surface area contributed by atoms with Crippen molar-refractivity contribution in [3.8, 4) is 0 Å². The van der Waals surface area contributed by atoms with Crippen molar-refractivity contribution >= 4 is 5.84 Å². The largest absolute Gasteiger partial charge is 0.385 e. The third kappa shape index (κ3) is 1.71. The molecular formula is C7H13N4-. The summed E-state index contributed by atoms with van der Waals surface area (Å²) in [5.74, 6) is 1.08. The van der Waals surface area contributed by atoms with E-state index in [0.717, 1.165) is 12.3 Å². The summed E-state index contributed by atoms with van der Waals surface area (Å²) in [6.07, 6.45) is 2.85. The Bertz CT molecular complexity index is 175. The number of hydrazone groups is 1. The number of nitrogens with zero attached hydrogens (tertiary/aromatic N) is 3. The van der Waals surface area contributed by atoms with Crippen LogP contribution >= 0.6 is 0 Å². The molecule has 1 aliphatic heterocycles. The predicted molar refractivity (Wildman–Crippen MR) is 45.7 cm³/mol. The third-order valence-corrected chi connectivity index (χ3v) is 1.62. The number of amidine groups is 1. The Labute approximate surface area is 66.9 Å². The Balaban J connectivity index is 2.58. The van der Waals surface area contributed by atoms with Gasteiger partial charge in [-0.3, -0.25) is 0 Å². The first-order valence-electron chi connectivity index (χ1n) is 3.69. The van der Waals surface area contributed by atoms with Gasteiger partial charge in [0.05, 0.1) is 0 Å². The highest BCUT2D eigenvalue weighted by atomic mass is 15.8. The molecule has 0 aromatic heterocycles. The van der Waals surface area contributed by atoms with Gasteiger partial charge in [0.15, 0.2) is 0 Å². The van der Waals surface area contributed by atoms with E-state index in [1.54, 1.807) is 5.12 Å². The van der Waals surface area contributed by atoms with Crippen LogP contribution in [0.15, 0.2) is 17.8 Å². The molecule has 1 unspecified atom stereocenters. The zero-order chi connectivity index (χ0) is 8.27. The summed E-state index contributed by atoms with van der Waals surface area (Å²) in [6.45, 7) is 5.80. The molecule has 1 rings (SSSR count). The number of hydrogen-bond acceptors (Lipinski definition) is 3. The molecule has 0 amide bonds. The Morgan fingerprint density at radius 2 is 2.64 bits per heavy atom. The van der Waals surface area contributed by atoms with E-state index in [1.807, 2.05) is 13.1 Å². The maximum absolute atomic E-state index is 4.13. The fourth-order valence-corrected chi connectivity index (χ4v) is 0.934. The molecule has 1 N–H and O–H groups in total. The molecule has 0 spiro atoms. The van der Waals surface area contributed by atoms with Crippen LogP contribution in [0, 0.1) is 5.92 Å². The van der Waals surface area contributed by atoms with Crippen LogP contribution in [0.1, 0.15) is 13.3 Å². The smallest absolute Gasteiger partial charge is 0.0218 e. The topological polar surface area (TPSA) is 41.7 Å². The molecule has 0 radical (unpaired) electrons. The lowest BCUT2D eigenvalue weighted by atomic mass is 10.1. The molecular weight excluding hydrogens is 140 g/mol. The molecule has 62 valence electrons. The van der Waals surface area contributed by atoms with E-state index in [0.29, 0.717) is 0 Å². The summed E-state index contributed by atoms with van der Waals surface area (Å²) in [7, 11) is 1.81. The number of hydrogen-bond donors (Lipinski definition) is 1. The van der Waals surface area contributed by atoms with E-state index >= 15 is 0 Å². The molecule has 4 nitrogen and oxygen atoms in total. The maximum atomic E-state index is 4.13. The second-order valence-corrected chi connectivity index (χ2v) is 2.44. The molecule has 1 heterocycles. The Hall–Kier alpha value is -1.03. The van der Waals surface area contributed by atoms with Crippen molar-refractivity contribution in [2.45, 2.75) is 13.3 Å². The first-order chi connectivity index (χ1) is 5.27. The van der Waals surface area contributed by atoms with Crippen LogP contribution in [-0.4, -0.2) is 18.0 Å². The van der Waals surface area contributed by atoms with Crippen LogP contribution in [0.25, 0.3) is 5.43 Å². The summed E-state index contributed by atoms with van der Waals surface area (Å²) in [5.41, 5.74) is 6.74. The van der Waals surface area contributed by atoms with Crippen molar-refractivity contribution in [3.63, 3.8) is 0 Å². The highest BCUT2D eigenvalue weighted by molar-refractivity contribution is 5.97. The van der Waals surface area contributed by atoms with E-state index in [1.165, 1.54) is 0 Å². The molecule has 0 fully saturated rings. The minimum atomic E-state index is 0.271. The maximum Gasteiger partial charge on any atom is 0.0218 e. The summed E-state index contributed by atoms with van der Waals surface area (Å²) < 4.78 is 0. The predicted octanol–water partition coefficient (Wildman–Crippen LogP) is 1.25. The van der Waals surface area contributed by atoms with Gasteiger partial charge < -0.3 is 15.6 Å². The molecule has 0 aromatic rings. The molecule has 4 heteroatoms. The molecule has 0 aliphatic carbocycles. The van der Waals surface area contributed by atoms with Crippen molar-refractivity contribution in [3.05, 3.63) is 18.1 Å². The van der Waals surface area contributed by atoms with Crippen molar-refractivity contribution in [2.24, 2.45) is 11.0 Å². The number of nitrogens with one attached hydrogen (secondary N) is 1. The lowest BCUT2D eigenvalue weighted by Gasteiger charge is -2.15. The van der Waals surface area contributed by atoms with Gasteiger partial charge in [0, 0.05) is 7.05 Å². The molecule has 1 atom stereocenters. The molecule has 0 saturated carbocycles. The molecule has 0 aromatic carbocycles. The van der Waals surface area contributed by atoms with Gasteiger partial charge in [-0.1, -0.05) is 13.0 Å². The summed E-state index contributed by atoms with van der Waals surface area (Å²) >= 11 is 0. The van der Waals surface area contributed by atoms with E-state index in [2.05, 4.69) is 29.6 Å². The van der Waals surface area contributed by atoms with Crippen LogP contribution in [0.4, 0.5) is 0 Å². The fraction of sp³-hybridized carbons (Fsp3) is 0.571. The van der Waals surface area contributed by atoms with Gasteiger partial charge >= 0.3 is 0 Å². The first kappa shape index (κ1) is 8.07. The van der Waals surface area contributed by atoms with E-state index < -0.39 is 0 Å². The molecule has 0 saturated heterocycles. The van der Waals surface area contributed by atoms with Crippen molar-refractivity contribution < 1.29 is 0 Å². The van der Waals surface area contributed by atoms with Gasteiger partial charge in [0.25, 0.3) is 0 Å². The van der Waals surface area contributed by atoms with Crippen molar-refractivity contribution in [1.82, 2.24) is 10.7 Å². The van der Waals surface area contributed by atoms with Gasteiger partial charge in [0.2, 0.25) is 0 Å². The van der Waals surface area contributed by atoms with Gasteiger partial charge in [0.1, 0.15) is 0 Å².